The van der Waals surface area contributed by atoms with Gasteiger partial charge in [0.2, 0.25) is 5.91 Å². The highest BCUT2D eigenvalue weighted by Crippen LogP contribution is 2.38. The summed E-state index contributed by atoms with van der Waals surface area (Å²) in [6.45, 7) is 0.912. The van der Waals surface area contributed by atoms with Crippen molar-refractivity contribution in [3.8, 4) is 0 Å². The lowest BCUT2D eigenvalue weighted by molar-refractivity contribution is -0.169. The van der Waals surface area contributed by atoms with Gasteiger partial charge < -0.3 is 19.7 Å². The number of anilines is 1. The third-order valence-electron chi connectivity index (χ3n) is 5.26. The van der Waals surface area contributed by atoms with Crippen LogP contribution in [-0.4, -0.2) is 38.6 Å². The van der Waals surface area contributed by atoms with Gasteiger partial charge in [0, 0.05) is 31.3 Å². The zero-order chi connectivity index (χ0) is 20.6. The number of hydrogen-bond acceptors (Lipinski definition) is 4. The molecule has 2 heterocycles. The van der Waals surface area contributed by atoms with Crippen molar-refractivity contribution in [2.75, 3.05) is 31.7 Å². The number of benzene rings is 2. The standard InChI is InChI=1S/C21H20F2N2O4/c1-25-18-5-2-14(10-13(18)11-19(25)26)21(28-8-9-29-21)6-7-24-20(27)16-12-15(22)3-4-17(16)23/h2-5,10,12H,6-9,11H2,1H3,(H,24,27). The predicted octanol–water partition coefficient (Wildman–Crippen LogP) is 2.50. The summed E-state index contributed by atoms with van der Waals surface area (Å²) in [4.78, 5) is 25.8. The number of amides is 2. The molecular formula is C21H20F2N2O4. The highest BCUT2D eigenvalue weighted by Gasteiger charge is 2.39. The van der Waals surface area contributed by atoms with Crippen LogP contribution in [0.2, 0.25) is 0 Å². The zero-order valence-electron chi connectivity index (χ0n) is 15.8. The normalized spacial score (nSPS) is 17.5. The smallest absolute Gasteiger partial charge is 0.254 e. The second-order valence-corrected chi connectivity index (χ2v) is 7.05. The first-order valence-corrected chi connectivity index (χ1v) is 9.31. The summed E-state index contributed by atoms with van der Waals surface area (Å²) in [5.74, 6) is -3.24. The molecule has 152 valence electrons. The Labute approximate surface area is 166 Å². The minimum absolute atomic E-state index is 0.0174. The van der Waals surface area contributed by atoms with Crippen molar-refractivity contribution in [2.45, 2.75) is 18.6 Å². The highest BCUT2D eigenvalue weighted by atomic mass is 19.1. The Morgan fingerprint density at radius 2 is 1.93 bits per heavy atom. The molecule has 0 radical (unpaired) electrons. The van der Waals surface area contributed by atoms with Gasteiger partial charge in [-0.15, -0.1) is 0 Å². The van der Waals surface area contributed by atoms with Gasteiger partial charge in [-0.2, -0.15) is 0 Å². The molecule has 2 aliphatic rings. The molecular weight excluding hydrogens is 382 g/mol. The number of hydrogen-bond donors (Lipinski definition) is 1. The Bertz CT molecular complexity index is 973. The SMILES string of the molecule is CN1C(=O)Cc2cc(C3(CCNC(=O)c4cc(F)ccc4F)OCCO3)ccc21. The summed E-state index contributed by atoms with van der Waals surface area (Å²) < 4.78 is 38.8. The van der Waals surface area contributed by atoms with Crippen LogP contribution in [0.3, 0.4) is 0 Å². The molecule has 0 saturated carbocycles. The number of ether oxygens (including phenoxy) is 2. The lowest BCUT2D eigenvalue weighted by Crippen LogP contribution is -2.34. The number of fused-ring (bicyclic) bond motifs is 1. The molecule has 0 aliphatic carbocycles. The van der Waals surface area contributed by atoms with Crippen LogP contribution in [0.4, 0.5) is 14.5 Å². The second-order valence-electron chi connectivity index (χ2n) is 7.05. The molecule has 2 amide bonds. The summed E-state index contributed by atoms with van der Waals surface area (Å²) in [7, 11) is 1.73. The van der Waals surface area contributed by atoms with Crippen molar-refractivity contribution in [3.63, 3.8) is 0 Å². The van der Waals surface area contributed by atoms with Crippen LogP contribution >= 0.6 is 0 Å². The summed E-state index contributed by atoms with van der Waals surface area (Å²) in [6, 6.07) is 8.30. The number of carbonyl (C=O) groups is 2. The van der Waals surface area contributed by atoms with Gasteiger partial charge in [0.25, 0.3) is 5.91 Å². The molecule has 4 rings (SSSR count). The molecule has 0 spiro atoms. The number of likely N-dealkylation sites (N-methyl/N-ethyl adjacent to an activating group) is 1. The number of rotatable bonds is 5. The molecule has 2 aromatic carbocycles. The first kappa shape index (κ1) is 19.5. The van der Waals surface area contributed by atoms with E-state index < -0.39 is 23.3 Å². The van der Waals surface area contributed by atoms with Crippen molar-refractivity contribution in [2.24, 2.45) is 0 Å². The number of nitrogens with one attached hydrogen (secondary N) is 1. The van der Waals surface area contributed by atoms with E-state index in [-0.39, 0.29) is 24.4 Å². The maximum Gasteiger partial charge on any atom is 0.254 e. The van der Waals surface area contributed by atoms with Crippen molar-refractivity contribution in [3.05, 3.63) is 64.7 Å². The fourth-order valence-electron chi connectivity index (χ4n) is 3.72. The molecule has 0 bridgehead atoms. The van der Waals surface area contributed by atoms with E-state index in [9.17, 15) is 18.4 Å². The average Bonchev–Trinajstić information content (AvgIpc) is 3.29. The number of halogens is 2. The molecule has 1 fully saturated rings. The molecule has 1 N–H and O–H groups in total. The molecule has 6 nitrogen and oxygen atoms in total. The Morgan fingerprint density at radius 3 is 2.69 bits per heavy atom. The first-order chi connectivity index (χ1) is 13.9. The van der Waals surface area contributed by atoms with E-state index in [0.717, 1.165) is 35.0 Å². The molecule has 0 aromatic heterocycles. The van der Waals surface area contributed by atoms with Gasteiger partial charge in [0.15, 0.2) is 5.79 Å². The zero-order valence-corrected chi connectivity index (χ0v) is 15.8. The lowest BCUT2D eigenvalue weighted by Gasteiger charge is -2.28. The summed E-state index contributed by atoms with van der Waals surface area (Å²) in [5, 5.41) is 2.59. The van der Waals surface area contributed by atoms with Crippen molar-refractivity contribution < 1.29 is 27.8 Å². The summed E-state index contributed by atoms with van der Waals surface area (Å²) in [5.41, 5.74) is 2.13. The van der Waals surface area contributed by atoms with E-state index in [4.69, 9.17) is 9.47 Å². The molecule has 29 heavy (non-hydrogen) atoms. The van der Waals surface area contributed by atoms with Gasteiger partial charge in [-0.1, -0.05) is 6.07 Å². The molecule has 8 heteroatoms. The molecule has 1 saturated heterocycles. The quantitative estimate of drug-likeness (QED) is 0.835. The lowest BCUT2D eigenvalue weighted by atomic mass is 9.98. The summed E-state index contributed by atoms with van der Waals surface area (Å²) in [6.07, 6.45) is 0.587. The van der Waals surface area contributed by atoms with Crippen LogP contribution in [0.25, 0.3) is 0 Å². The maximum absolute atomic E-state index is 13.8. The Kier molecular flexibility index (Phi) is 5.06. The van der Waals surface area contributed by atoms with Crippen LogP contribution in [0.1, 0.15) is 27.9 Å². The fourth-order valence-corrected chi connectivity index (χ4v) is 3.72. The Hall–Kier alpha value is -2.84. The van der Waals surface area contributed by atoms with Crippen molar-refractivity contribution in [1.29, 1.82) is 0 Å². The Balaban J connectivity index is 1.49. The van der Waals surface area contributed by atoms with Gasteiger partial charge >= 0.3 is 0 Å². The third kappa shape index (κ3) is 3.61. The highest BCUT2D eigenvalue weighted by molar-refractivity contribution is 6.01. The maximum atomic E-state index is 13.8. The predicted molar refractivity (Wildman–Crippen MR) is 100 cm³/mol. The van der Waals surface area contributed by atoms with Crippen molar-refractivity contribution in [1.82, 2.24) is 5.32 Å². The first-order valence-electron chi connectivity index (χ1n) is 9.31. The van der Waals surface area contributed by atoms with Gasteiger partial charge in [0.1, 0.15) is 11.6 Å². The van der Waals surface area contributed by atoms with Crippen molar-refractivity contribution >= 4 is 17.5 Å². The fraction of sp³-hybridized carbons (Fsp3) is 0.333. The minimum Gasteiger partial charge on any atom is -0.352 e. The molecule has 2 aromatic rings. The third-order valence-corrected chi connectivity index (χ3v) is 5.26. The second kappa shape index (κ2) is 7.53. The van der Waals surface area contributed by atoms with Crippen LogP contribution in [0.5, 0.6) is 0 Å². The monoisotopic (exact) mass is 402 g/mol. The van der Waals surface area contributed by atoms with Crippen LogP contribution in [0, 0.1) is 11.6 Å². The molecule has 2 aliphatic heterocycles. The van der Waals surface area contributed by atoms with E-state index in [1.165, 1.54) is 0 Å². The van der Waals surface area contributed by atoms with Gasteiger partial charge in [-0.3, -0.25) is 9.59 Å². The van der Waals surface area contributed by atoms with Gasteiger partial charge in [-0.25, -0.2) is 8.78 Å². The van der Waals surface area contributed by atoms with E-state index in [1.807, 2.05) is 18.2 Å². The van der Waals surface area contributed by atoms with Gasteiger partial charge in [0.05, 0.1) is 25.2 Å². The molecule has 0 unspecified atom stereocenters. The van der Waals surface area contributed by atoms with E-state index in [2.05, 4.69) is 5.32 Å². The number of nitrogens with zero attached hydrogens (tertiary/aromatic N) is 1. The van der Waals surface area contributed by atoms with Crippen LogP contribution < -0.4 is 10.2 Å². The van der Waals surface area contributed by atoms with E-state index >= 15 is 0 Å². The minimum atomic E-state index is -1.06. The van der Waals surface area contributed by atoms with E-state index in [1.54, 1.807) is 11.9 Å². The van der Waals surface area contributed by atoms with Gasteiger partial charge in [-0.05, 0) is 35.9 Å². The van der Waals surface area contributed by atoms with Crippen LogP contribution in [-0.2, 0) is 26.5 Å². The van der Waals surface area contributed by atoms with Crippen LogP contribution in [0.15, 0.2) is 36.4 Å². The largest absolute Gasteiger partial charge is 0.352 e. The average molecular weight is 402 g/mol. The summed E-state index contributed by atoms with van der Waals surface area (Å²) >= 11 is 0. The Morgan fingerprint density at radius 1 is 1.17 bits per heavy atom. The topological polar surface area (TPSA) is 67.9 Å². The molecule has 0 atom stereocenters. The van der Waals surface area contributed by atoms with E-state index in [0.29, 0.717) is 19.6 Å². The number of carbonyl (C=O) groups excluding carboxylic acids is 2.